The number of anilines is 4. The molecular formula is C56H65N13O7S2. The molecule has 0 radical (unpaired) electrons. The summed E-state index contributed by atoms with van der Waals surface area (Å²) in [5, 5.41) is 23.9. The SMILES string of the molecule is CC(C)(C)c1ncc(C(=O)O)s1.Cn1cc(Nc2nccc(-c3ccc4c(c3)OCCC4CC(=O)c3cnc(C(C)(C)C)s3)n2)cn1.Cn1cnc(Nc2nccc(-c3ccc4c(c3)OCCC4NC(=O)OC(C)(C)C)n2)c1. The summed E-state index contributed by atoms with van der Waals surface area (Å²) in [5.41, 5.74) is 5.51. The van der Waals surface area contributed by atoms with E-state index >= 15 is 0 Å². The molecule has 2 aromatic carbocycles. The first kappa shape index (κ1) is 56.1. The predicted octanol–water partition coefficient (Wildman–Crippen LogP) is 11.6. The molecule has 8 heterocycles. The molecule has 2 aliphatic heterocycles. The maximum Gasteiger partial charge on any atom is 0.408 e. The van der Waals surface area contributed by atoms with Crippen molar-refractivity contribution in [1.82, 2.24) is 54.6 Å². The summed E-state index contributed by atoms with van der Waals surface area (Å²) < 4.78 is 20.8. The predicted molar refractivity (Wildman–Crippen MR) is 301 cm³/mol. The number of amides is 1. The zero-order valence-corrected chi connectivity index (χ0v) is 47.2. The molecule has 2 atom stereocenters. The summed E-state index contributed by atoms with van der Waals surface area (Å²) in [6.07, 6.45) is 15.2. The van der Waals surface area contributed by atoms with Crippen LogP contribution in [0.15, 0.2) is 98.2 Å². The van der Waals surface area contributed by atoms with Crippen LogP contribution in [0.4, 0.5) is 28.2 Å². The molecule has 22 heteroatoms. The van der Waals surface area contributed by atoms with Gasteiger partial charge < -0.3 is 39.8 Å². The maximum absolute atomic E-state index is 13.0. The number of aromatic nitrogens is 10. The molecule has 0 saturated carbocycles. The number of carbonyl (C=O) groups excluding carboxylic acids is 2. The van der Waals surface area contributed by atoms with E-state index in [0.717, 1.165) is 72.1 Å². The maximum atomic E-state index is 13.0. The topological polar surface area (TPSA) is 248 Å². The number of hydrogen-bond acceptors (Lipinski definition) is 18. The van der Waals surface area contributed by atoms with Crippen LogP contribution in [0.5, 0.6) is 11.5 Å². The van der Waals surface area contributed by atoms with Gasteiger partial charge in [0, 0.05) is 85.4 Å². The molecule has 0 spiro atoms. The average molecular weight is 1100 g/mol. The fourth-order valence-corrected chi connectivity index (χ4v) is 9.88. The minimum absolute atomic E-state index is 0.0563. The van der Waals surface area contributed by atoms with Gasteiger partial charge in [0.15, 0.2) is 11.6 Å². The van der Waals surface area contributed by atoms with Crippen molar-refractivity contribution in [3.05, 3.63) is 129 Å². The first-order chi connectivity index (χ1) is 36.9. The van der Waals surface area contributed by atoms with E-state index in [0.29, 0.717) is 48.6 Å². The van der Waals surface area contributed by atoms with Gasteiger partial charge >= 0.3 is 12.1 Å². The lowest BCUT2D eigenvalue weighted by Gasteiger charge is -2.28. The Morgan fingerprint density at radius 2 is 1.28 bits per heavy atom. The molecule has 6 aromatic heterocycles. The third-order valence-corrected chi connectivity index (χ3v) is 14.8. The van der Waals surface area contributed by atoms with E-state index in [9.17, 15) is 14.4 Å². The Balaban J connectivity index is 0.000000171. The molecule has 4 N–H and O–H groups in total. The minimum Gasteiger partial charge on any atom is -0.493 e. The Bertz CT molecular complexity index is 3400. The summed E-state index contributed by atoms with van der Waals surface area (Å²) in [6.45, 7) is 19.0. The van der Waals surface area contributed by atoms with E-state index < -0.39 is 17.7 Å². The van der Waals surface area contributed by atoms with Gasteiger partial charge in [-0.05, 0) is 62.9 Å². The van der Waals surface area contributed by atoms with Gasteiger partial charge in [-0.25, -0.2) is 44.5 Å². The van der Waals surface area contributed by atoms with Gasteiger partial charge in [0.05, 0.1) is 69.9 Å². The summed E-state index contributed by atoms with van der Waals surface area (Å²) in [7, 11) is 3.75. The molecular weight excluding hydrogens is 1030 g/mol. The number of thiazole rings is 2. The minimum atomic E-state index is -0.900. The number of carboxylic acids is 1. The largest absolute Gasteiger partial charge is 0.493 e. The second-order valence-corrected chi connectivity index (χ2v) is 23.8. The van der Waals surface area contributed by atoms with Crippen molar-refractivity contribution in [2.75, 3.05) is 23.8 Å². The zero-order chi connectivity index (χ0) is 55.9. The fourth-order valence-electron chi connectivity index (χ4n) is 8.14. The van der Waals surface area contributed by atoms with Crippen LogP contribution in [-0.2, 0) is 29.7 Å². The van der Waals surface area contributed by atoms with Crippen molar-refractivity contribution < 1.29 is 33.7 Å². The Labute approximate surface area is 461 Å². The highest BCUT2D eigenvalue weighted by molar-refractivity contribution is 7.14. The average Bonchev–Trinajstić information content (AvgIpc) is 4.25. The van der Waals surface area contributed by atoms with Crippen LogP contribution in [0.2, 0.25) is 0 Å². The Morgan fingerprint density at radius 3 is 1.82 bits per heavy atom. The molecule has 0 saturated heterocycles. The highest BCUT2D eigenvalue weighted by atomic mass is 32.1. The van der Waals surface area contributed by atoms with Crippen LogP contribution in [0.3, 0.4) is 0 Å². The monoisotopic (exact) mass is 1100 g/mol. The number of hydrogen-bond donors (Lipinski definition) is 4. The Morgan fingerprint density at radius 1 is 0.705 bits per heavy atom. The number of ketones is 1. The van der Waals surface area contributed by atoms with E-state index in [4.69, 9.17) is 19.3 Å². The van der Waals surface area contributed by atoms with Gasteiger partial charge in [-0.1, -0.05) is 65.8 Å². The number of fused-ring (bicyclic) bond motifs is 2. The lowest BCUT2D eigenvalue weighted by atomic mass is 9.87. The number of nitrogens with zero attached hydrogens (tertiary/aromatic N) is 10. The number of rotatable bonds is 11. The van der Waals surface area contributed by atoms with Gasteiger partial charge in [-0.2, -0.15) is 5.10 Å². The number of aryl methyl sites for hydroxylation is 2. The molecule has 0 fully saturated rings. The normalized spacial score (nSPS) is 14.9. The van der Waals surface area contributed by atoms with Crippen LogP contribution in [-0.4, -0.2) is 91.0 Å². The van der Waals surface area contributed by atoms with Crippen molar-refractivity contribution >= 4 is 63.9 Å². The number of alkyl carbamates (subject to hydrolysis) is 1. The summed E-state index contributed by atoms with van der Waals surface area (Å²) in [5.74, 6) is 2.52. The first-order valence-corrected chi connectivity index (χ1v) is 27.0. The third kappa shape index (κ3) is 14.9. The highest BCUT2D eigenvalue weighted by Gasteiger charge is 2.29. The molecule has 1 amide bonds. The number of aromatic carboxylic acids is 1. The van der Waals surface area contributed by atoms with Gasteiger partial charge in [0.1, 0.15) is 22.0 Å². The van der Waals surface area contributed by atoms with E-state index in [2.05, 4.69) is 82.8 Å². The fraction of sp³-hybridized carbons (Fsp3) is 0.375. The summed E-state index contributed by atoms with van der Waals surface area (Å²) in [6, 6.07) is 15.5. The van der Waals surface area contributed by atoms with Gasteiger partial charge in [-0.15, -0.1) is 22.7 Å². The van der Waals surface area contributed by atoms with E-state index in [-0.39, 0.29) is 28.6 Å². The highest BCUT2D eigenvalue weighted by Crippen LogP contribution is 2.40. The van der Waals surface area contributed by atoms with Crippen molar-refractivity contribution in [1.29, 1.82) is 0 Å². The van der Waals surface area contributed by atoms with Crippen molar-refractivity contribution in [2.45, 2.75) is 110 Å². The molecule has 2 unspecified atom stereocenters. The standard InChI is InChI=1S/C26H28N6O2S.C22H26N6O3.C8H11NO2S/c1-26(2,3)24-28-14-23(35-24)21(33)11-16-8-10-34-22-12-17(5-6-19(16)22)20-7-9-27-25(31-20)30-18-13-29-32(4)15-18;1-22(2,3)31-21(29)26-17-8-10-30-18-11-14(5-6-15(17)18)16-7-9-23-20(25-16)27-19-12-28(4)13-24-19;1-8(2,3)7-9-4-5(12-7)6(10)11/h5-7,9,12-16H,8,10-11H2,1-4H3,(H,27,30,31);5-7,9,11-13,17H,8,10H2,1-4H3,(H,26,29)(H,23,25,27);4H,1-3H3,(H,10,11). The Kier molecular flexibility index (Phi) is 17.0. The van der Waals surface area contributed by atoms with Crippen LogP contribution in [0.25, 0.3) is 22.5 Å². The molecule has 78 heavy (non-hydrogen) atoms. The number of carboxylic acid groups (broad SMARTS) is 1. The molecule has 10 rings (SSSR count). The first-order valence-electron chi connectivity index (χ1n) is 25.3. The molecule has 408 valence electrons. The molecule has 0 bridgehead atoms. The zero-order valence-electron chi connectivity index (χ0n) is 45.6. The third-order valence-electron chi connectivity index (χ3n) is 11.9. The second-order valence-electron chi connectivity index (χ2n) is 21.8. The number of ether oxygens (including phenoxy) is 3. The molecule has 2 aliphatic rings. The number of benzene rings is 2. The van der Waals surface area contributed by atoms with Crippen molar-refractivity contribution in [3.63, 3.8) is 0 Å². The van der Waals surface area contributed by atoms with E-state index in [1.54, 1.807) is 35.8 Å². The summed E-state index contributed by atoms with van der Waals surface area (Å²) >= 11 is 2.74. The van der Waals surface area contributed by atoms with Crippen LogP contribution in [0.1, 0.15) is 134 Å². The Hall–Kier alpha value is -8.11. The van der Waals surface area contributed by atoms with E-state index in [1.165, 1.54) is 28.9 Å². The van der Waals surface area contributed by atoms with Crippen molar-refractivity contribution in [3.8, 4) is 34.0 Å². The van der Waals surface area contributed by atoms with Crippen LogP contribution in [0, 0.1) is 0 Å². The van der Waals surface area contributed by atoms with Gasteiger partial charge in [-0.3, -0.25) is 9.48 Å². The second kappa shape index (κ2) is 23.6. The number of imidazole rings is 1. The lowest BCUT2D eigenvalue weighted by Crippen LogP contribution is -2.36. The van der Waals surface area contributed by atoms with E-state index in [1.807, 2.05) is 115 Å². The quantitative estimate of drug-likeness (QED) is 0.0879. The van der Waals surface area contributed by atoms with Crippen LogP contribution < -0.4 is 25.4 Å². The van der Waals surface area contributed by atoms with Gasteiger partial charge in [0.2, 0.25) is 11.9 Å². The van der Waals surface area contributed by atoms with Gasteiger partial charge in [0.25, 0.3) is 0 Å². The molecule has 8 aromatic rings. The number of nitrogens with one attached hydrogen (secondary N) is 3. The number of carbonyl (C=O) groups is 3. The number of Topliss-reactive ketones (excluding diaryl/α,β-unsaturated/α-hetero) is 1. The van der Waals surface area contributed by atoms with Crippen molar-refractivity contribution in [2.24, 2.45) is 14.1 Å². The smallest absolute Gasteiger partial charge is 0.408 e. The lowest BCUT2D eigenvalue weighted by molar-refractivity contribution is 0.0490. The molecule has 20 nitrogen and oxygen atoms in total. The molecule has 0 aliphatic carbocycles. The summed E-state index contributed by atoms with van der Waals surface area (Å²) in [4.78, 5) is 67.4. The van der Waals surface area contributed by atoms with Crippen LogP contribution >= 0.6 is 22.7 Å².